The van der Waals surface area contributed by atoms with Crippen LogP contribution in [-0.2, 0) is 0 Å². The third-order valence-corrected chi connectivity index (χ3v) is 5.13. The number of amides is 2. The Morgan fingerprint density at radius 3 is 2.77 bits per heavy atom. The number of hydrogen-bond donors (Lipinski definition) is 2. The highest BCUT2D eigenvalue weighted by atomic mass is 35.5. The van der Waals surface area contributed by atoms with E-state index in [0.717, 1.165) is 29.8 Å². The second-order valence-electron chi connectivity index (χ2n) is 7.22. The molecule has 1 aliphatic heterocycles. The number of anilines is 1. The van der Waals surface area contributed by atoms with Gasteiger partial charge in [0.05, 0.1) is 12.3 Å². The Balaban J connectivity index is 1.82. The zero-order chi connectivity index (χ0) is 21.3. The maximum atomic E-state index is 12.9. The summed E-state index contributed by atoms with van der Waals surface area (Å²) in [5, 5.41) is 6.53. The van der Waals surface area contributed by atoms with Crippen molar-refractivity contribution < 1.29 is 13.9 Å². The van der Waals surface area contributed by atoms with Crippen molar-refractivity contribution in [3.8, 4) is 17.1 Å². The number of hydrogen-bond acceptors (Lipinski definition) is 6. The number of fused-ring (bicyclic) bond motifs is 1. The summed E-state index contributed by atoms with van der Waals surface area (Å²) in [6.45, 7) is 9.15. The van der Waals surface area contributed by atoms with Crippen LogP contribution >= 0.6 is 11.6 Å². The summed E-state index contributed by atoms with van der Waals surface area (Å²) >= 11 is 5.99. The van der Waals surface area contributed by atoms with Crippen LogP contribution in [0.25, 0.3) is 22.5 Å². The summed E-state index contributed by atoms with van der Waals surface area (Å²) in [7, 11) is 0. The summed E-state index contributed by atoms with van der Waals surface area (Å²) in [5.41, 5.74) is 4.79. The number of urea groups is 1. The average molecular weight is 430 g/mol. The van der Waals surface area contributed by atoms with Gasteiger partial charge in [0.2, 0.25) is 11.6 Å². The zero-order valence-corrected chi connectivity index (χ0v) is 18.0. The minimum atomic E-state index is -0.138. The fraction of sp³-hybridized carbons (Fsp3) is 0.381. The van der Waals surface area contributed by atoms with Crippen molar-refractivity contribution in [1.82, 2.24) is 20.2 Å². The lowest BCUT2D eigenvalue weighted by Crippen LogP contribution is -2.48. The number of ether oxygens (including phenoxy) is 1. The normalized spacial score (nSPS) is 14.2. The quantitative estimate of drug-likeness (QED) is 0.651. The fourth-order valence-electron chi connectivity index (χ4n) is 3.66. The monoisotopic (exact) mass is 429 g/mol. The van der Waals surface area contributed by atoms with Crippen LogP contribution in [0.5, 0.6) is 5.88 Å². The molecule has 1 fully saturated rings. The predicted octanol–water partition coefficient (Wildman–Crippen LogP) is 4.00. The van der Waals surface area contributed by atoms with Crippen LogP contribution in [0.1, 0.15) is 18.1 Å². The molecule has 30 heavy (non-hydrogen) atoms. The first-order valence-corrected chi connectivity index (χ1v) is 10.3. The predicted molar refractivity (Wildman–Crippen MR) is 116 cm³/mol. The van der Waals surface area contributed by atoms with Crippen LogP contribution in [0.3, 0.4) is 0 Å². The van der Waals surface area contributed by atoms with Crippen LogP contribution in [0, 0.1) is 13.8 Å². The van der Waals surface area contributed by atoms with Crippen molar-refractivity contribution in [2.75, 3.05) is 38.1 Å². The molecular formula is C21H24ClN5O3. The first kappa shape index (κ1) is 20.4. The molecule has 1 aliphatic rings. The minimum Gasteiger partial charge on any atom is -0.476 e. The van der Waals surface area contributed by atoms with E-state index in [-0.39, 0.29) is 11.3 Å². The molecule has 0 spiro atoms. The van der Waals surface area contributed by atoms with E-state index >= 15 is 0 Å². The molecule has 3 aromatic rings. The van der Waals surface area contributed by atoms with Gasteiger partial charge in [0, 0.05) is 37.8 Å². The van der Waals surface area contributed by atoms with Gasteiger partial charge in [0.1, 0.15) is 11.2 Å². The van der Waals surface area contributed by atoms with Crippen molar-refractivity contribution in [3.05, 3.63) is 34.5 Å². The lowest BCUT2D eigenvalue weighted by atomic mass is 10.00. The Hall–Kier alpha value is -2.84. The molecule has 8 nitrogen and oxygen atoms in total. The van der Waals surface area contributed by atoms with E-state index in [1.165, 1.54) is 0 Å². The van der Waals surface area contributed by atoms with Gasteiger partial charge in [0.15, 0.2) is 5.22 Å². The molecule has 0 atom stereocenters. The second-order valence-corrected chi connectivity index (χ2v) is 7.60. The van der Waals surface area contributed by atoms with Crippen molar-refractivity contribution in [2.24, 2.45) is 0 Å². The summed E-state index contributed by atoms with van der Waals surface area (Å²) in [6.07, 6.45) is 0. The molecule has 0 unspecified atom stereocenters. The molecule has 4 rings (SSSR count). The number of nitrogens with zero attached hydrogens (tertiary/aromatic N) is 3. The molecule has 0 saturated carbocycles. The van der Waals surface area contributed by atoms with E-state index in [1.54, 1.807) is 11.0 Å². The summed E-state index contributed by atoms with van der Waals surface area (Å²) in [5.74, 6) is 0.334. The van der Waals surface area contributed by atoms with Crippen LogP contribution in [0.2, 0.25) is 5.22 Å². The Morgan fingerprint density at radius 2 is 2.03 bits per heavy atom. The lowest BCUT2D eigenvalue weighted by molar-refractivity contribution is 0.204. The summed E-state index contributed by atoms with van der Waals surface area (Å²) < 4.78 is 11.2. The van der Waals surface area contributed by atoms with E-state index in [0.29, 0.717) is 48.2 Å². The highest BCUT2D eigenvalue weighted by Gasteiger charge is 2.23. The molecule has 3 heterocycles. The summed E-state index contributed by atoms with van der Waals surface area (Å²) in [4.78, 5) is 23.9. The lowest BCUT2D eigenvalue weighted by Gasteiger charge is -2.28. The standard InChI is InChI=1S/C21H24ClN5O3/c1-4-29-20-18(24-15-11-16(22)30-19(15)26-20)17-13(3)9-12(2)10-14(17)25-21(28)27-7-5-23-6-8-27/h9-11,23H,4-8H2,1-3H3,(H,25,28). The molecule has 1 saturated heterocycles. The molecule has 1 aromatic carbocycles. The number of benzene rings is 1. The average Bonchev–Trinajstić information content (AvgIpc) is 3.07. The van der Waals surface area contributed by atoms with Gasteiger partial charge in [0.25, 0.3) is 0 Å². The highest BCUT2D eigenvalue weighted by Crippen LogP contribution is 2.38. The molecule has 2 N–H and O–H groups in total. The molecule has 0 aliphatic carbocycles. The Labute approximate surface area is 179 Å². The number of halogens is 1. The Kier molecular flexibility index (Phi) is 5.78. The van der Waals surface area contributed by atoms with Crippen LogP contribution < -0.4 is 15.4 Å². The Bertz CT molecular complexity index is 1090. The van der Waals surface area contributed by atoms with Gasteiger partial charge in [-0.25, -0.2) is 9.78 Å². The number of aryl methyl sites for hydroxylation is 2. The number of furan rings is 1. The molecule has 158 valence electrons. The van der Waals surface area contributed by atoms with E-state index in [2.05, 4.69) is 15.6 Å². The van der Waals surface area contributed by atoms with Gasteiger partial charge in [-0.05, 0) is 49.6 Å². The number of piperazine rings is 1. The van der Waals surface area contributed by atoms with Crippen LogP contribution in [0.15, 0.2) is 22.6 Å². The highest BCUT2D eigenvalue weighted by molar-refractivity contribution is 6.29. The molecule has 2 aromatic heterocycles. The largest absolute Gasteiger partial charge is 0.476 e. The van der Waals surface area contributed by atoms with E-state index < -0.39 is 0 Å². The fourth-order valence-corrected chi connectivity index (χ4v) is 3.84. The molecule has 0 radical (unpaired) electrons. The van der Waals surface area contributed by atoms with Crippen molar-refractivity contribution >= 4 is 34.5 Å². The molecular weight excluding hydrogens is 406 g/mol. The summed E-state index contributed by atoms with van der Waals surface area (Å²) in [6, 6.07) is 5.46. The minimum absolute atomic E-state index is 0.138. The van der Waals surface area contributed by atoms with E-state index in [9.17, 15) is 4.79 Å². The first-order valence-electron chi connectivity index (χ1n) is 9.94. The molecule has 0 bridgehead atoms. The van der Waals surface area contributed by atoms with E-state index in [4.69, 9.17) is 25.7 Å². The third kappa shape index (κ3) is 4.06. The Morgan fingerprint density at radius 1 is 1.27 bits per heavy atom. The maximum Gasteiger partial charge on any atom is 0.321 e. The first-order chi connectivity index (χ1) is 14.5. The zero-order valence-electron chi connectivity index (χ0n) is 17.2. The molecule has 9 heteroatoms. The van der Waals surface area contributed by atoms with Gasteiger partial charge in [-0.2, -0.15) is 4.98 Å². The van der Waals surface area contributed by atoms with Crippen LogP contribution in [0.4, 0.5) is 10.5 Å². The SMILES string of the molecule is CCOc1nc2oc(Cl)cc2nc1-c1c(C)cc(C)cc1NC(=O)N1CCNCC1. The number of nitrogens with one attached hydrogen (secondary N) is 2. The van der Waals surface area contributed by atoms with E-state index in [1.807, 2.05) is 32.9 Å². The number of rotatable bonds is 4. The maximum absolute atomic E-state index is 12.9. The van der Waals surface area contributed by atoms with Crippen molar-refractivity contribution in [3.63, 3.8) is 0 Å². The smallest absolute Gasteiger partial charge is 0.321 e. The topological polar surface area (TPSA) is 92.5 Å². The number of aromatic nitrogens is 2. The van der Waals surface area contributed by atoms with Gasteiger partial charge in [-0.1, -0.05) is 6.07 Å². The van der Waals surface area contributed by atoms with Gasteiger partial charge >= 0.3 is 6.03 Å². The van der Waals surface area contributed by atoms with Gasteiger partial charge in [-0.3, -0.25) is 0 Å². The van der Waals surface area contributed by atoms with Gasteiger partial charge in [-0.15, -0.1) is 0 Å². The number of carbonyl (C=O) groups excluding carboxylic acids is 1. The third-order valence-electron chi connectivity index (χ3n) is 4.94. The second kappa shape index (κ2) is 8.49. The van der Waals surface area contributed by atoms with Crippen LogP contribution in [-0.4, -0.2) is 53.7 Å². The van der Waals surface area contributed by atoms with Crippen molar-refractivity contribution in [1.29, 1.82) is 0 Å². The molecule has 2 amide bonds. The van der Waals surface area contributed by atoms with Crippen molar-refractivity contribution in [2.45, 2.75) is 20.8 Å². The van der Waals surface area contributed by atoms with Gasteiger partial charge < -0.3 is 24.7 Å². The number of carbonyl (C=O) groups is 1.